The first-order chi connectivity index (χ1) is 9.92. The summed E-state index contributed by atoms with van der Waals surface area (Å²) in [4.78, 5) is 11.3. The lowest BCUT2D eigenvalue weighted by atomic mass is 10.2. The molecule has 0 unspecified atom stereocenters. The van der Waals surface area contributed by atoms with Gasteiger partial charge in [0.2, 0.25) is 10.0 Å². The SMILES string of the molecule is CCCN(c1ccccc1N)S(=O)(=O)CCC(=O)OCC. The highest BCUT2D eigenvalue weighted by molar-refractivity contribution is 7.92. The second-order valence-corrected chi connectivity index (χ2v) is 6.51. The van der Waals surface area contributed by atoms with Gasteiger partial charge in [0.15, 0.2) is 0 Å². The van der Waals surface area contributed by atoms with Gasteiger partial charge in [0.25, 0.3) is 0 Å². The Labute approximate surface area is 125 Å². The molecule has 6 nitrogen and oxygen atoms in total. The van der Waals surface area contributed by atoms with E-state index in [4.69, 9.17) is 10.5 Å². The first kappa shape index (κ1) is 17.3. The summed E-state index contributed by atoms with van der Waals surface area (Å²) in [6.45, 7) is 4.12. The Hall–Kier alpha value is -1.76. The number of para-hydroxylation sites is 2. The third-order valence-corrected chi connectivity index (χ3v) is 4.61. The normalized spacial score (nSPS) is 11.1. The van der Waals surface area contributed by atoms with Gasteiger partial charge >= 0.3 is 5.97 Å². The molecule has 118 valence electrons. The molecule has 0 saturated carbocycles. The average Bonchev–Trinajstić information content (AvgIpc) is 2.44. The van der Waals surface area contributed by atoms with E-state index in [9.17, 15) is 13.2 Å². The summed E-state index contributed by atoms with van der Waals surface area (Å²) in [5.41, 5.74) is 6.70. The number of ether oxygens (including phenoxy) is 1. The van der Waals surface area contributed by atoms with Crippen LogP contribution in [-0.2, 0) is 19.6 Å². The number of anilines is 2. The Morgan fingerprint density at radius 1 is 1.29 bits per heavy atom. The van der Waals surface area contributed by atoms with Crippen molar-refractivity contribution in [2.45, 2.75) is 26.7 Å². The first-order valence-corrected chi connectivity index (χ1v) is 8.53. The van der Waals surface area contributed by atoms with Gasteiger partial charge in [-0.15, -0.1) is 0 Å². The Kier molecular flexibility index (Phi) is 6.48. The van der Waals surface area contributed by atoms with Gasteiger partial charge < -0.3 is 10.5 Å². The van der Waals surface area contributed by atoms with Crippen LogP contribution in [0.1, 0.15) is 26.7 Å². The predicted octanol–water partition coefficient (Wildman–Crippen LogP) is 1.77. The van der Waals surface area contributed by atoms with E-state index in [0.29, 0.717) is 24.3 Å². The summed E-state index contributed by atoms with van der Waals surface area (Å²) < 4.78 is 30.9. The molecule has 0 saturated heterocycles. The fourth-order valence-electron chi connectivity index (χ4n) is 1.88. The van der Waals surface area contributed by atoms with Crippen molar-refractivity contribution < 1.29 is 17.9 Å². The van der Waals surface area contributed by atoms with Crippen LogP contribution in [0.25, 0.3) is 0 Å². The second kappa shape index (κ2) is 7.87. The minimum Gasteiger partial charge on any atom is -0.466 e. The Bertz CT molecular complexity index is 572. The standard InChI is InChI=1S/C14H22N2O4S/c1-3-10-16(13-8-6-5-7-12(13)15)21(18,19)11-9-14(17)20-4-2/h5-8H,3-4,9-11,15H2,1-2H3. The molecule has 1 aromatic carbocycles. The molecule has 0 amide bonds. The summed E-state index contributed by atoms with van der Waals surface area (Å²) in [7, 11) is -3.62. The third kappa shape index (κ3) is 4.93. The van der Waals surface area contributed by atoms with Gasteiger partial charge in [-0.25, -0.2) is 8.42 Å². The van der Waals surface area contributed by atoms with E-state index in [1.165, 1.54) is 4.31 Å². The van der Waals surface area contributed by atoms with Gasteiger partial charge in [-0.2, -0.15) is 0 Å². The van der Waals surface area contributed by atoms with Gasteiger partial charge in [-0.05, 0) is 25.5 Å². The quantitative estimate of drug-likeness (QED) is 0.583. The van der Waals surface area contributed by atoms with E-state index < -0.39 is 16.0 Å². The van der Waals surface area contributed by atoms with Crippen molar-refractivity contribution in [1.82, 2.24) is 0 Å². The number of esters is 1. The van der Waals surface area contributed by atoms with Crippen LogP contribution in [0.15, 0.2) is 24.3 Å². The largest absolute Gasteiger partial charge is 0.466 e. The maximum absolute atomic E-state index is 12.4. The van der Waals surface area contributed by atoms with Crippen molar-refractivity contribution in [2.24, 2.45) is 0 Å². The average molecular weight is 314 g/mol. The van der Waals surface area contributed by atoms with Gasteiger partial charge in [0, 0.05) is 6.54 Å². The summed E-state index contributed by atoms with van der Waals surface area (Å²) in [5.74, 6) is -0.807. The topological polar surface area (TPSA) is 89.7 Å². The molecule has 0 radical (unpaired) electrons. The highest BCUT2D eigenvalue weighted by atomic mass is 32.2. The minimum absolute atomic E-state index is 0.164. The number of sulfonamides is 1. The fraction of sp³-hybridized carbons (Fsp3) is 0.500. The minimum atomic E-state index is -3.62. The number of hydrogen-bond acceptors (Lipinski definition) is 5. The zero-order valence-electron chi connectivity index (χ0n) is 12.4. The third-order valence-electron chi connectivity index (χ3n) is 2.84. The summed E-state index contributed by atoms with van der Waals surface area (Å²) in [5, 5.41) is 0. The van der Waals surface area contributed by atoms with Crippen molar-refractivity contribution in [3.05, 3.63) is 24.3 Å². The lowest BCUT2D eigenvalue weighted by Gasteiger charge is -2.25. The summed E-state index contributed by atoms with van der Waals surface area (Å²) in [6, 6.07) is 6.79. The number of carbonyl (C=O) groups is 1. The molecule has 0 aromatic heterocycles. The zero-order chi connectivity index (χ0) is 15.9. The van der Waals surface area contributed by atoms with Crippen molar-refractivity contribution in [3.8, 4) is 0 Å². The number of nitrogen functional groups attached to an aromatic ring is 1. The molecular weight excluding hydrogens is 292 g/mol. The molecule has 1 rings (SSSR count). The van der Waals surface area contributed by atoms with Gasteiger partial charge in [-0.3, -0.25) is 9.10 Å². The van der Waals surface area contributed by atoms with E-state index in [-0.39, 0.29) is 18.8 Å². The predicted molar refractivity (Wildman–Crippen MR) is 83.5 cm³/mol. The number of hydrogen-bond donors (Lipinski definition) is 1. The number of nitrogens with zero attached hydrogens (tertiary/aromatic N) is 1. The molecule has 0 aliphatic carbocycles. The van der Waals surface area contributed by atoms with E-state index in [0.717, 1.165) is 0 Å². The number of rotatable bonds is 8. The molecule has 7 heteroatoms. The van der Waals surface area contributed by atoms with Crippen LogP contribution < -0.4 is 10.0 Å². The Morgan fingerprint density at radius 3 is 2.52 bits per heavy atom. The van der Waals surface area contributed by atoms with Crippen LogP contribution in [0.4, 0.5) is 11.4 Å². The molecule has 2 N–H and O–H groups in total. The molecule has 0 aliphatic rings. The number of carbonyl (C=O) groups excluding carboxylic acids is 1. The van der Waals surface area contributed by atoms with Crippen LogP contribution in [0.2, 0.25) is 0 Å². The highest BCUT2D eigenvalue weighted by Gasteiger charge is 2.24. The van der Waals surface area contributed by atoms with Crippen molar-refractivity contribution in [3.63, 3.8) is 0 Å². The summed E-state index contributed by atoms with van der Waals surface area (Å²) >= 11 is 0. The molecule has 0 fully saturated rings. The first-order valence-electron chi connectivity index (χ1n) is 6.93. The maximum atomic E-state index is 12.4. The smallest absolute Gasteiger partial charge is 0.306 e. The van der Waals surface area contributed by atoms with E-state index >= 15 is 0 Å². The lowest BCUT2D eigenvalue weighted by molar-refractivity contribution is -0.142. The monoisotopic (exact) mass is 314 g/mol. The van der Waals surface area contributed by atoms with Crippen molar-refractivity contribution in [1.29, 1.82) is 0 Å². The number of benzene rings is 1. The van der Waals surface area contributed by atoms with Crippen LogP contribution in [0.3, 0.4) is 0 Å². The van der Waals surface area contributed by atoms with Crippen LogP contribution in [-0.4, -0.2) is 33.3 Å². The zero-order valence-corrected chi connectivity index (χ0v) is 13.2. The Morgan fingerprint density at radius 2 is 1.95 bits per heavy atom. The molecule has 0 atom stereocenters. The van der Waals surface area contributed by atoms with E-state index in [1.807, 2.05) is 6.92 Å². The molecule has 0 heterocycles. The van der Waals surface area contributed by atoms with Crippen molar-refractivity contribution >= 4 is 27.4 Å². The number of nitrogens with two attached hydrogens (primary N) is 1. The lowest BCUT2D eigenvalue weighted by Crippen LogP contribution is -2.35. The molecule has 0 spiro atoms. The van der Waals surface area contributed by atoms with Crippen molar-refractivity contribution in [2.75, 3.05) is 28.9 Å². The van der Waals surface area contributed by atoms with Gasteiger partial charge in [0.05, 0.1) is 30.2 Å². The van der Waals surface area contributed by atoms with E-state index in [2.05, 4.69) is 0 Å². The molecular formula is C14H22N2O4S. The van der Waals surface area contributed by atoms with E-state index in [1.54, 1.807) is 31.2 Å². The maximum Gasteiger partial charge on any atom is 0.306 e. The molecule has 1 aromatic rings. The van der Waals surface area contributed by atoms with Crippen LogP contribution >= 0.6 is 0 Å². The highest BCUT2D eigenvalue weighted by Crippen LogP contribution is 2.25. The van der Waals surface area contributed by atoms with Gasteiger partial charge in [0.1, 0.15) is 0 Å². The molecule has 0 bridgehead atoms. The van der Waals surface area contributed by atoms with Gasteiger partial charge in [-0.1, -0.05) is 19.1 Å². The van der Waals surface area contributed by atoms with Crippen LogP contribution in [0, 0.1) is 0 Å². The van der Waals surface area contributed by atoms with Crippen LogP contribution in [0.5, 0.6) is 0 Å². The fourth-order valence-corrected chi connectivity index (χ4v) is 3.45. The second-order valence-electron chi connectivity index (χ2n) is 4.50. The molecule has 21 heavy (non-hydrogen) atoms. The summed E-state index contributed by atoms with van der Waals surface area (Å²) in [6.07, 6.45) is 0.482. The molecule has 0 aliphatic heterocycles. The Balaban J connectivity index is 2.94.